The number of benzene rings is 3. The van der Waals surface area contributed by atoms with E-state index in [4.69, 9.17) is 23.2 Å². The predicted molar refractivity (Wildman–Crippen MR) is 130 cm³/mol. The van der Waals surface area contributed by atoms with Gasteiger partial charge in [0, 0.05) is 0 Å². The Bertz CT molecular complexity index is 1200. The second-order valence-electron chi connectivity index (χ2n) is 7.68. The molecule has 0 bridgehead atoms. The molecule has 3 rings (SSSR count). The van der Waals surface area contributed by atoms with Crippen molar-refractivity contribution >= 4 is 44.8 Å². The fourth-order valence-electron chi connectivity index (χ4n) is 3.70. The molecule has 0 fully saturated rings. The van der Waals surface area contributed by atoms with Gasteiger partial charge in [-0.05, 0) is 56.0 Å². The number of rotatable bonds is 7. The minimum Gasteiger partial charge on any atom is -0.322 e. The van der Waals surface area contributed by atoms with E-state index in [-0.39, 0.29) is 27.0 Å². The van der Waals surface area contributed by atoms with Gasteiger partial charge in [-0.15, -0.1) is 0 Å². The third kappa shape index (κ3) is 5.70. The van der Waals surface area contributed by atoms with Crippen LogP contribution in [0.1, 0.15) is 22.3 Å². The van der Waals surface area contributed by atoms with Gasteiger partial charge in [0.25, 0.3) is 0 Å². The zero-order chi connectivity index (χ0) is 23.5. The number of amides is 1. The molecular weight excluding hydrogens is 467 g/mol. The standard InChI is InChI=1S/C24H24Cl2N2O3S/c1-15-12-16(2)23(17(3)13-15)32(30,31)28-21(14-18-8-5-4-6-9-18)24(29)27-22-19(25)10-7-11-20(22)26/h4-13,21,28H,14H2,1-3H3,(H,27,29). The zero-order valence-electron chi connectivity index (χ0n) is 17.9. The van der Waals surface area contributed by atoms with Crippen molar-refractivity contribution in [1.82, 2.24) is 4.72 Å². The maximum absolute atomic E-state index is 13.3. The molecule has 8 heteroatoms. The summed E-state index contributed by atoms with van der Waals surface area (Å²) in [6.45, 7) is 5.39. The lowest BCUT2D eigenvalue weighted by atomic mass is 10.1. The quantitative estimate of drug-likeness (QED) is 0.462. The largest absolute Gasteiger partial charge is 0.322 e. The van der Waals surface area contributed by atoms with E-state index >= 15 is 0 Å². The van der Waals surface area contributed by atoms with E-state index in [9.17, 15) is 13.2 Å². The van der Waals surface area contributed by atoms with Crippen LogP contribution in [0.25, 0.3) is 0 Å². The summed E-state index contributed by atoms with van der Waals surface area (Å²) in [6.07, 6.45) is 0.151. The van der Waals surface area contributed by atoms with Gasteiger partial charge in [0.1, 0.15) is 6.04 Å². The Morgan fingerprint density at radius 3 is 2.03 bits per heavy atom. The van der Waals surface area contributed by atoms with Gasteiger partial charge in [-0.3, -0.25) is 4.79 Å². The van der Waals surface area contributed by atoms with Crippen molar-refractivity contribution in [2.75, 3.05) is 5.32 Å². The van der Waals surface area contributed by atoms with Crippen molar-refractivity contribution in [2.24, 2.45) is 0 Å². The first kappa shape index (κ1) is 24.3. The monoisotopic (exact) mass is 490 g/mol. The third-order valence-electron chi connectivity index (χ3n) is 4.98. The second kappa shape index (κ2) is 10.0. The van der Waals surface area contributed by atoms with Crippen LogP contribution in [0, 0.1) is 20.8 Å². The van der Waals surface area contributed by atoms with Crippen LogP contribution < -0.4 is 10.0 Å². The molecule has 1 amide bonds. The minimum atomic E-state index is -3.99. The molecule has 0 spiro atoms. The summed E-state index contributed by atoms with van der Waals surface area (Å²) in [4.78, 5) is 13.4. The SMILES string of the molecule is Cc1cc(C)c(S(=O)(=O)NC(Cc2ccccc2)C(=O)Nc2c(Cl)cccc2Cl)c(C)c1. The summed E-state index contributed by atoms with van der Waals surface area (Å²) >= 11 is 12.4. The Hall–Kier alpha value is -2.38. The normalized spacial score (nSPS) is 12.4. The number of carbonyl (C=O) groups excluding carboxylic acids is 1. The molecule has 0 aliphatic rings. The Morgan fingerprint density at radius 2 is 1.47 bits per heavy atom. The molecular formula is C24H24Cl2N2O3S. The van der Waals surface area contributed by atoms with E-state index in [1.165, 1.54) is 0 Å². The third-order valence-corrected chi connectivity index (χ3v) is 7.39. The van der Waals surface area contributed by atoms with Crippen molar-refractivity contribution < 1.29 is 13.2 Å². The van der Waals surface area contributed by atoms with E-state index in [0.29, 0.717) is 11.1 Å². The number of nitrogens with one attached hydrogen (secondary N) is 2. The fourth-order valence-corrected chi connectivity index (χ4v) is 5.84. The molecule has 0 aliphatic carbocycles. The summed E-state index contributed by atoms with van der Waals surface area (Å²) in [5.74, 6) is -0.560. The minimum absolute atomic E-state index is 0.151. The number of para-hydroxylation sites is 1. The Kier molecular flexibility index (Phi) is 7.62. The molecule has 0 saturated carbocycles. The number of carbonyl (C=O) groups is 1. The van der Waals surface area contributed by atoms with Gasteiger partial charge in [0.05, 0.1) is 20.6 Å². The molecule has 3 aromatic carbocycles. The van der Waals surface area contributed by atoms with E-state index < -0.39 is 22.0 Å². The van der Waals surface area contributed by atoms with Gasteiger partial charge in [-0.1, -0.05) is 77.3 Å². The fraction of sp³-hybridized carbons (Fsp3) is 0.208. The maximum Gasteiger partial charge on any atom is 0.242 e. The zero-order valence-corrected chi connectivity index (χ0v) is 20.3. The number of hydrogen-bond donors (Lipinski definition) is 2. The highest BCUT2D eigenvalue weighted by Gasteiger charge is 2.29. The van der Waals surface area contributed by atoms with E-state index in [0.717, 1.165) is 11.1 Å². The van der Waals surface area contributed by atoms with Gasteiger partial charge in [0.2, 0.25) is 15.9 Å². The Balaban J connectivity index is 1.97. The van der Waals surface area contributed by atoms with E-state index in [1.54, 1.807) is 44.2 Å². The van der Waals surface area contributed by atoms with Crippen LogP contribution >= 0.6 is 23.2 Å². The van der Waals surface area contributed by atoms with Crippen molar-refractivity contribution in [1.29, 1.82) is 0 Å². The summed E-state index contributed by atoms with van der Waals surface area (Å²) in [7, 11) is -3.99. The van der Waals surface area contributed by atoms with Crippen LogP contribution in [0.5, 0.6) is 0 Å². The van der Waals surface area contributed by atoms with E-state index in [1.807, 2.05) is 37.3 Å². The molecule has 0 heterocycles. The lowest BCUT2D eigenvalue weighted by Crippen LogP contribution is -2.45. The Labute approximate surface area is 198 Å². The molecule has 0 radical (unpaired) electrons. The maximum atomic E-state index is 13.3. The summed E-state index contributed by atoms with van der Waals surface area (Å²) < 4.78 is 29.3. The molecule has 2 N–H and O–H groups in total. The molecule has 5 nitrogen and oxygen atoms in total. The molecule has 1 atom stereocenters. The van der Waals surface area contributed by atoms with Crippen LogP contribution in [0.2, 0.25) is 10.0 Å². The molecule has 1 unspecified atom stereocenters. The molecule has 0 aromatic heterocycles. The van der Waals surface area contributed by atoms with Crippen molar-refractivity contribution in [3.8, 4) is 0 Å². The van der Waals surface area contributed by atoms with Crippen molar-refractivity contribution in [3.05, 3.63) is 93.0 Å². The van der Waals surface area contributed by atoms with Crippen molar-refractivity contribution in [3.63, 3.8) is 0 Å². The number of sulfonamides is 1. The lowest BCUT2D eigenvalue weighted by molar-refractivity contribution is -0.117. The van der Waals surface area contributed by atoms with Crippen LogP contribution in [-0.4, -0.2) is 20.4 Å². The highest BCUT2D eigenvalue weighted by atomic mass is 35.5. The lowest BCUT2D eigenvalue weighted by Gasteiger charge is -2.21. The molecule has 0 saturated heterocycles. The van der Waals surface area contributed by atoms with Crippen molar-refractivity contribution in [2.45, 2.75) is 38.1 Å². The average Bonchev–Trinajstić information content (AvgIpc) is 2.69. The highest BCUT2D eigenvalue weighted by Crippen LogP contribution is 2.30. The first-order valence-corrected chi connectivity index (χ1v) is 12.2. The van der Waals surface area contributed by atoms with Crippen LogP contribution in [0.15, 0.2) is 65.6 Å². The Morgan fingerprint density at radius 1 is 0.906 bits per heavy atom. The van der Waals surface area contributed by atoms with Crippen LogP contribution in [0.3, 0.4) is 0 Å². The first-order valence-electron chi connectivity index (χ1n) is 9.97. The summed E-state index contributed by atoms with van der Waals surface area (Å²) in [6, 6.07) is 16.5. The van der Waals surface area contributed by atoms with E-state index in [2.05, 4.69) is 10.0 Å². The van der Waals surface area contributed by atoms with Gasteiger partial charge in [-0.25, -0.2) is 8.42 Å². The molecule has 0 aliphatic heterocycles. The smallest absolute Gasteiger partial charge is 0.242 e. The molecule has 168 valence electrons. The molecule has 32 heavy (non-hydrogen) atoms. The predicted octanol–water partition coefficient (Wildman–Crippen LogP) is 5.45. The summed E-state index contributed by atoms with van der Waals surface area (Å²) in [5, 5.41) is 3.20. The average molecular weight is 491 g/mol. The number of anilines is 1. The number of hydrogen-bond acceptors (Lipinski definition) is 3. The summed E-state index contributed by atoms with van der Waals surface area (Å²) in [5.41, 5.74) is 3.23. The van der Waals surface area contributed by atoms with Gasteiger partial charge in [-0.2, -0.15) is 4.72 Å². The number of aryl methyl sites for hydroxylation is 3. The second-order valence-corrected chi connectivity index (χ2v) is 10.1. The van der Waals surface area contributed by atoms with Gasteiger partial charge in [0.15, 0.2) is 0 Å². The highest BCUT2D eigenvalue weighted by molar-refractivity contribution is 7.89. The van der Waals surface area contributed by atoms with Gasteiger partial charge >= 0.3 is 0 Å². The first-order chi connectivity index (χ1) is 15.1. The topological polar surface area (TPSA) is 75.3 Å². The van der Waals surface area contributed by atoms with Crippen LogP contribution in [-0.2, 0) is 21.2 Å². The van der Waals surface area contributed by atoms with Gasteiger partial charge < -0.3 is 5.32 Å². The molecule has 3 aromatic rings. The number of halogens is 2. The van der Waals surface area contributed by atoms with Crippen LogP contribution in [0.4, 0.5) is 5.69 Å².